The molecule has 0 aliphatic carbocycles. The van der Waals surface area contributed by atoms with Crippen LogP contribution in [0.25, 0.3) is 0 Å². The first-order valence-corrected chi connectivity index (χ1v) is 6.57. The van der Waals surface area contributed by atoms with Gasteiger partial charge in [-0.05, 0) is 31.7 Å². The van der Waals surface area contributed by atoms with Crippen LogP contribution in [0, 0.1) is 17.0 Å². The molecule has 1 aromatic heterocycles. The number of hydrogen-bond acceptors (Lipinski definition) is 5. The highest BCUT2D eigenvalue weighted by molar-refractivity contribution is 5.43. The molecule has 0 unspecified atom stereocenters. The van der Waals surface area contributed by atoms with Gasteiger partial charge in [-0.1, -0.05) is 6.07 Å². The van der Waals surface area contributed by atoms with Crippen LogP contribution in [0.3, 0.4) is 0 Å². The van der Waals surface area contributed by atoms with Gasteiger partial charge in [0.2, 0.25) is 0 Å². The fourth-order valence-corrected chi connectivity index (χ4v) is 1.96. The van der Waals surface area contributed by atoms with Crippen molar-refractivity contribution in [1.82, 2.24) is 10.3 Å². The van der Waals surface area contributed by atoms with Crippen molar-refractivity contribution in [3.05, 3.63) is 63.5 Å². The number of non-ortho nitro benzene ring substituents is 1. The van der Waals surface area contributed by atoms with Crippen LogP contribution >= 0.6 is 0 Å². The lowest BCUT2D eigenvalue weighted by atomic mass is 10.1. The van der Waals surface area contributed by atoms with Crippen molar-refractivity contribution in [2.75, 3.05) is 7.05 Å². The van der Waals surface area contributed by atoms with E-state index in [1.54, 1.807) is 19.3 Å². The molecule has 0 radical (unpaired) electrons. The Morgan fingerprint density at radius 1 is 1.38 bits per heavy atom. The lowest BCUT2D eigenvalue weighted by molar-refractivity contribution is -0.384. The molecule has 1 heterocycles. The second-order valence-corrected chi connectivity index (χ2v) is 4.64. The van der Waals surface area contributed by atoms with Gasteiger partial charge in [-0.2, -0.15) is 0 Å². The molecule has 6 heteroatoms. The smallest absolute Gasteiger partial charge is 0.270 e. The molecular formula is C15H17N3O3. The molecule has 0 saturated carbocycles. The van der Waals surface area contributed by atoms with Crippen LogP contribution < -0.4 is 10.1 Å². The quantitative estimate of drug-likeness (QED) is 0.652. The van der Waals surface area contributed by atoms with Crippen LogP contribution in [0.4, 0.5) is 5.69 Å². The molecule has 1 N–H and O–H groups in total. The number of nitro benzene ring substituents is 1. The standard InChI is InChI=1S/C15H17N3O3/c1-11-4-3-7-17-14(11)10-21-15-6-5-13(18(19)20)8-12(15)9-16-2/h3-8,16H,9-10H2,1-2H3. The largest absolute Gasteiger partial charge is 0.487 e. The van der Waals surface area contributed by atoms with Crippen LogP contribution in [0.1, 0.15) is 16.8 Å². The molecule has 21 heavy (non-hydrogen) atoms. The van der Waals surface area contributed by atoms with Gasteiger partial charge < -0.3 is 10.1 Å². The number of aromatic nitrogens is 1. The number of hydrogen-bond donors (Lipinski definition) is 1. The highest BCUT2D eigenvalue weighted by Gasteiger charge is 2.12. The van der Waals surface area contributed by atoms with Crippen molar-refractivity contribution in [2.24, 2.45) is 0 Å². The summed E-state index contributed by atoms with van der Waals surface area (Å²) in [4.78, 5) is 14.7. The third kappa shape index (κ3) is 3.76. The number of nitrogens with zero attached hydrogens (tertiary/aromatic N) is 2. The molecule has 1 aromatic carbocycles. The van der Waals surface area contributed by atoms with Crippen molar-refractivity contribution in [2.45, 2.75) is 20.1 Å². The first-order valence-electron chi connectivity index (χ1n) is 6.57. The number of benzene rings is 1. The zero-order chi connectivity index (χ0) is 15.2. The Balaban J connectivity index is 2.19. The Morgan fingerprint density at radius 3 is 2.86 bits per heavy atom. The highest BCUT2D eigenvalue weighted by atomic mass is 16.6. The molecule has 0 amide bonds. The van der Waals surface area contributed by atoms with Crippen molar-refractivity contribution >= 4 is 5.69 Å². The summed E-state index contributed by atoms with van der Waals surface area (Å²) in [5, 5.41) is 13.8. The van der Waals surface area contributed by atoms with Crippen LogP contribution in [-0.2, 0) is 13.2 Å². The second-order valence-electron chi connectivity index (χ2n) is 4.64. The summed E-state index contributed by atoms with van der Waals surface area (Å²) >= 11 is 0. The number of aryl methyl sites for hydroxylation is 1. The van der Waals surface area contributed by atoms with Gasteiger partial charge in [-0.15, -0.1) is 0 Å². The molecule has 6 nitrogen and oxygen atoms in total. The van der Waals surface area contributed by atoms with Crippen LogP contribution in [0.2, 0.25) is 0 Å². The molecule has 0 atom stereocenters. The monoisotopic (exact) mass is 287 g/mol. The Morgan fingerprint density at radius 2 is 2.19 bits per heavy atom. The average molecular weight is 287 g/mol. The third-order valence-corrected chi connectivity index (χ3v) is 3.10. The predicted molar refractivity (Wildman–Crippen MR) is 79.2 cm³/mol. The van der Waals surface area contributed by atoms with Crippen molar-refractivity contribution in [3.8, 4) is 5.75 Å². The minimum Gasteiger partial charge on any atom is -0.487 e. The molecule has 0 saturated heterocycles. The second kappa shape index (κ2) is 6.81. The molecule has 2 rings (SSSR count). The number of nitrogens with one attached hydrogen (secondary N) is 1. The normalized spacial score (nSPS) is 10.4. The maximum Gasteiger partial charge on any atom is 0.270 e. The van der Waals surface area contributed by atoms with Gasteiger partial charge in [0.05, 0.1) is 10.6 Å². The predicted octanol–water partition coefficient (Wildman–Crippen LogP) is 2.60. The molecule has 0 aliphatic rings. The Labute approximate surface area is 122 Å². The number of ether oxygens (including phenoxy) is 1. The molecule has 0 bridgehead atoms. The minimum atomic E-state index is -0.411. The maximum atomic E-state index is 10.8. The van der Waals surface area contributed by atoms with Gasteiger partial charge >= 0.3 is 0 Å². The summed E-state index contributed by atoms with van der Waals surface area (Å²) in [6.07, 6.45) is 1.72. The van der Waals surface area contributed by atoms with E-state index in [0.29, 0.717) is 18.9 Å². The van der Waals surface area contributed by atoms with Crippen molar-refractivity contribution in [1.29, 1.82) is 0 Å². The molecule has 0 aliphatic heterocycles. The fraction of sp³-hybridized carbons (Fsp3) is 0.267. The highest BCUT2D eigenvalue weighted by Crippen LogP contribution is 2.25. The van der Waals surface area contributed by atoms with Gasteiger partial charge in [0.25, 0.3) is 5.69 Å². The molecule has 110 valence electrons. The molecular weight excluding hydrogens is 270 g/mol. The van der Waals surface area contributed by atoms with Crippen LogP contribution in [0.15, 0.2) is 36.5 Å². The van der Waals surface area contributed by atoms with Crippen LogP contribution in [0.5, 0.6) is 5.75 Å². The third-order valence-electron chi connectivity index (χ3n) is 3.10. The van der Waals surface area contributed by atoms with E-state index >= 15 is 0 Å². The van der Waals surface area contributed by atoms with E-state index in [9.17, 15) is 10.1 Å². The van der Waals surface area contributed by atoms with E-state index in [2.05, 4.69) is 10.3 Å². The summed E-state index contributed by atoms with van der Waals surface area (Å²) in [7, 11) is 1.78. The van der Waals surface area contributed by atoms with Gasteiger partial charge in [-0.3, -0.25) is 15.1 Å². The summed E-state index contributed by atoms with van der Waals surface area (Å²) in [6, 6.07) is 8.44. The van der Waals surface area contributed by atoms with E-state index in [0.717, 1.165) is 16.8 Å². The summed E-state index contributed by atoms with van der Waals surface area (Å²) in [6.45, 7) is 2.80. The average Bonchev–Trinajstić information content (AvgIpc) is 2.47. The molecule has 0 fully saturated rings. The lowest BCUT2D eigenvalue weighted by Gasteiger charge is -2.12. The number of pyridine rings is 1. The lowest BCUT2D eigenvalue weighted by Crippen LogP contribution is -2.09. The van der Waals surface area contributed by atoms with Crippen molar-refractivity contribution < 1.29 is 9.66 Å². The number of nitro groups is 1. The van der Waals surface area contributed by atoms with Crippen LogP contribution in [-0.4, -0.2) is 17.0 Å². The van der Waals surface area contributed by atoms with Gasteiger partial charge in [0, 0.05) is 30.4 Å². The molecule has 0 spiro atoms. The Kier molecular flexibility index (Phi) is 4.84. The van der Waals surface area contributed by atoms with E-state index in [-0.39, 0.29) is 5.69 Å². The number of rotatable bonds is 6. The summed E-state index contributed by atoms with van der Waals surface area (Å²) in [5.41, 5.74) is 2.71. The summed E-state index contributed by atoms with van der Waals surface area (Å²) in [5.74, 6) is 0.625. The van der Waals surface area contributed by atoms with Gasteiger partial charge in [-0.25, -0.2) is 0 Å². The van der Waals surface area contributed by atoms with Gasteiger partial charge in [0.1, 0.15) is 12.4 Å². The topological polar surface area (TPSA) is 77.3 Å². The zero-order valence-corrected chi connectivity index (χ0v) is 12.0. The van der Waals surface area contributed by atoms with Crippen molar-refractivity contribution in [3.63, 3.8) is 0 Å². The zero-order valence-electron chi connectivity index (χ0n) is 12.0. The first-order chi connectivity index (χ1) is 10.1. The fourth-order valence-electron chi connectivity index (χ4n) is 1.96. The van der Waals surface area contributed by atoms with E-state index < -0.39 is 4.92 Å². The Bertz CT molecular complexity index is 644. The van der Waals surface area contributed by atoms with E-state index in [1.807, 2.05) is 19.1 Å². The first kappa shape index (κ1) is 14.9. The summed E-state index contributed by atoms with van der Waals surface area (Å²) < 4.78 is 5.77. The van der Waals surface area contributed by atoms with E-state index in [4.69, 9.17) is 4.74 Å². The molecule has 2 aromatic rings. The Hall–Kier alpha value is -2.47. The SMILES string of the molecule is CNCc1cc([N+](=O)[O-])ccc1OCc1ncccc1C. The minimum absolute atomic E-state index is 0.0571. The van der Waals surface area contributed by atoms with Gasteiger partial charge in [0.15, 0.2) is 0 Å². The maximum absolute atomic E-state index is 10.8. The van der Waals surface area contributed by atoms with E-state index in [1.165, 1.54) is 12.1 Å².